The molecular formula is C6H13AlN. The summed E-state index contributed by atoms with van der Waals surface area (Å²) < 4.78 is 0. The van der Waals surface area contributed by atoms with Gasteiger partial charge in [0.1, 0.15) is 0 Å². The van der Waals surface area contributed by atoms with E-state index in [0.29, 0.717) is 0 Å². The van der Waals surface area contributed by atoms with Crippen molar-refractivity contribution in [3.8, 4) is 0 Å². The van der Waals surface area contributed by atoms with Crippen LogP contribution in [-0.2, 0) is 0 Å². The van der Waals surface area contributed by atoms with Gasteiger partial charge in [-0.25, -0.2) is 0 Å². The Bertz CT molecular complexity index is 50.5. The van der Waals surface area contributed by atoms with Crippen LogP contribution in [0.5, 0.6) is 0 Å². The van der Waals surface area contributed by atoms with Gasteiger partial charge in [-0.3, -0.25) is 0 Å². The van der Waals surface area contributed by atoms with E-state index in [1.54, 1.807) is 0 Å². The van der Waals surface area contributed by atoms with Gasteiger partial charge in [-0.2, -0.15) is 0 Å². The fraction of sp³-hybridized carbons (Fsp3) is 1.00. The minimum atomic E-state index is 0. The second-order valence-electron chi connectivity index (χ2n) is 2.36. The fourth-order valence-corrected chi connectivity index (χ4v) is 1.05. The van der Waals surface area contributed by atoms with Crippen LogP contribution in [0.15, 0.2) is 0 Å². The Morgan fingerprint density at radius 2 is 1.50 bits per heavy atom. The standard InChI is InChI=1S/C6H13N.Al/c1-7-5-3-2-4-6-7;/h2-6H2,1H3;. The highest BCUT2D eigenvalue weighted by Crippen LogP contribution is 2.04. The number of hydrogen-bond donors (Lipinski definition) is 0. The van der Waals surface area contributed by atoms with Gasteiger partial charge in [-0.05, 0) is 33.0 Å². The van der Waals surface area contributed by atoms with E-state index in [9.17, 15) is 0 Å². The Kier molecular flexibility index (Phi) is 4.65. The maximum absolute atomic E-state index is 2.39. The summed E-state index contributed by atoms with van der Waals surface area (Å²) in [4.78, 5) is 2.39. The highest BCUT2D eigenvalue weighted by atomic mass is 27.0. The second-order valence-corrected chi connectivity index (χ2v) is 2.36. The molecule has 1 rings (SSSR count). The van der Waals surface area contributed by atoms with Gasteiger partial charge in [-0.15, -0.1) is 0 Å². The monoisotopic (exact) mass is 126 g/mol. The molecule has 0 aromatic rings. The van der Waals surface area contributed by atoms with E-state index in [1.807, 2.05) is 0 Å². The predicted molar refractivity (Wildman–Crippen MR) is 37.1 cm³/mol. The van der Waals surface area contributed by atoms with Crippen molar-refractivity contribution < 1.29 is 0 Å². The molecule has 3 radical (unpaired) electrons. The molecule has 0 aromatic heterocycles. The normalized spacial score (nSPS) is 22.1. The maximum Gasteiger partial charge on any atom is 0 e. The van der Waals surface area contributed by atoms with Crippen molar-refractivity contribution in [3.05, 3.63) is 0 Å². The summed E-state index contributed by atoms with van der Waals surface area (Å²) in [5.74, 6) is 0. The first-order valence-electron chi connectivity index (χ1n) is 3.08. The zero-order valence-corrected chi connectivity index (χ0v) is 6.71. The number of piperidine rings is 1. The number of nitrogens with zero attached hydrogens (tertiary/aromatic N) is 1. The highest BCUT2D eigenvalue weighted by Gasteiger charge is 2.02. The van der Waals surface area contributed by atoms with Crippen LogP contribution in [0.4, 0.5) is 0 Å². The predicted octanol–water partition coefficient (Wildman–Crippen LogP) is 0.721. The Morgan fingerprint density at radius 3 is 1.75 bits per heavy atom. The van der Waals surface area contributed by atoms with Crippen molar-refractivity contribution in [3.63, 3.8) is 0 Å². The van der Waals surface area contributed by atoms with Crippen LogP contribution >= 0.6 is 0 Å². The lowest BCUT2D eigenvalue weighted by Crippen LogP contribution is -2.24. The molecule has 45 valence electrons. The largest absolute Gasteiger partial charge is 0.306 e. The molecule has 0 saturated carbocycles. The zero-order chi connectivity index (χ0) is 5.11. The van der Waals surface area contributed by atoms with Crippen molar-refractivity contribution >= 4 is 17.4 Å². The van der Waals surface area contributed by atoms with E-state index in [0.717, 1.165) is 0 Å². The smallest absolute Gasteiger partial charge is 0 e. The summed E-state index contributed by atoms with van der Waals surface area (Å²) in [6.45, 7) is 2.64. The van der Waals surface area contributed by atoms with Gasteiger partial charge >= 0.3 is 0 Å². The SMILES string of the molecule is CN1CCCCC1.[Al]. The summed E-state index contributed by atoms with van der Waals surface area (Å²) in [6.07, 6.45) is 4.28. The van der Waals surface area contributed by atoms with Gasteiger partial charge in [0.05, 0.1) is 0 Å². The summed E-state index contributed by atoms with van der Waals surface area (Å²) in [6, 6.07) is 0. The molecule has 1 aliphatic heterocycles. The van der Waals surface area contributed by atoms with Crippen molar-refractivity contribution in [2.24, 2.45) is 0 Å². The van der Waals surface area contributed by atoms with Crippen LogP contribution in [0.3, 0.4) is 0 Å². The lowest BCUT2D eigenvalue weighted by molar-refractivity contribution is 0.277. The Hall–Kier alpha value is 0.492. The van der Waals surface area contributed by atoms with E-state index < -0.39 is 0 Å². The van der Waals surface area contributed by atoms with E-state index in [2.05, 4.69) is 11.9 Å². The molecule has 0 atom stereocenters. The average molecular weight is 126 g/mol. The lowest BCUT2D eigenvalue weighted by Gasteiger charge is -2.20. The molecule has 0 unspecified atom stereocenters. The van der Waals surface area contributed by atoms with E-state index in [1.165, 1.54) is 32.4 Å². The quantitative estimate of drug-likeness (QED) is 0.432. The summed E-state index contributed by atoms with van der Waals surface area (Å²) >= 11 is 0. The Morgan fingerprint density at radius 1 is 1.00 bits per heavy atom. The first kappa shape index (κ1) is 8.49. The lowest BCUT2D eigenvalue weighted by atomic mass is 10.1. The molecule has 0 bridgehead atoms. The first-order valence-corrected chi connectivity index (χ1v) is 3.08. The van der Waals surface area contributed by atoms with Crippen LogP contribution in [0.25, 0.3) is 0 Å². The summed E-state index contributed by atoms with van der Waals surface area (Å²) in [5, 5.41) is 0. The van der Waals surface area contributed by atoms with Gasteiger partial charge in [-0.1, -0.05) is 6.42 Å². The van der Waals surface area contributed by atoms with Crippen LogP contribution < -0.4 is 0 Å². The number of likely N-dealkylation sites (tertiary alicyclic amines) is 1. The van der Waals surface area contributed by atoms with E-state index >= 15 is 0 Å². The summed E-state index contributed by atoms with van der Waals surface area (Å²) in [7, 11) is 2.19. The second kappa shape index (κ2) is 4.38. The molecule has 1 saturated heterocycles. The minimum Gasteiger partial charge on any atom is -0.306 e. The summed E-state index contributed by atoms with van der Waals surface area (Å²) in [5.41, 5.74) is 0. The van der Waals surface area contributed by atoms with Gasteiger partial charge < -0.3 is 4.90 Å². The van der Waals surface area contributed by atoms with Gasteiger partial charge in [0.25, 0.3) is 0 Å². The Balaban J connectivity index is 0.000000490. The van der Waals surface area contributed by atoms with E-state index in [-0.39, 0.29) is 17.4 Å². The third-order valence-corrected chi connectivity index (χ3v) is 1.58. The average Bonchev–Trinajstić information content (AvgIpc) is 1.69. The third-order valence-electron chi connectivity index (χ3n) is 1.58. The molecule has 0 spiro atoms. The molecule has 1 fully saturated rings. The molecule has 0 aromatic carbocycles. The topological polar surface area (TPSA) is 3.24 Å². The van der Waals surface area contributed by atoms with Crippen molar-refractivity contribution in [2.75, 3.05) is 20.1 Å². The number of rotatable bonds is 0. The van der Waals surface area contributed by atoms with Gasteiger partial charge in [0.15, 0.2) is 0 Å². The molecule has 0 N–H and O–H groups in total. The van der Waals surface area contributed by atoms with E-state index in [4.69, 9.17) is 0 Å². The molecule has 0 amide bonds. The van der Waals surface area contributed by atoms with Crippen LogP contribution in [0.1, 0.15) is 19.3 Å². The molecule has 8 heavy (non-hydrogen) atoms. The van der Waals surface area contributed by atoms with Crippen molar-refractivity contribution in [1.29, 1.82) is 0 Å². The van der Waals surface area contributed by atoms with Crippen molar-refractivity contribution in [1.82, 2.24) is 4.90 Å². The minimum absolute atomic E-state index is 0. The molecule has 1 heterocycles. The van der Waals surface area contributed by atoms with Crippen LogP contribution in [0, 0.1) is 0 Å². The van der Waals surface area contributed by atoms with Crippen LogP contribution in [0.2, 0.25) is 0 Å². The molecule has 1 nitrogen and oxygen atoms in total. The number of hydrogen-bond acceptors (Lipinski definition) is 1. The zero-order valence-electron chi connectivity index (χ0n) is 5.56. The molecule has 1 aliphatic rings. The molecular weight excluding hydrogens is 113 g/mol. The first-order chi connectivity index (χ1) is 3.39. The third kappa shape index (κ3) is 2.72. The fourth-order valence-electron chi connectivity index (χ4n) is 1.05. The molecule has 2 heteroatoms. The van der Waals surface area contributed by atoms with Crippen molar-refractivity contribution in [2.45, 2.75) is 19.3 Å². The Labute approximate surface area is 62.2 Å². The highest BCUT2D eigenvalue weighted by molar-refractivity contribution is 5.75. The van der Waals surface area contributed by atoms with Gasteiger partial charge in [0.2, 0.25) is 0 Å². The maximum atomic E-state index is 2.39. The van der Waals surface area contributed by atoms with Gasteiger partial charge in [0, 0.05) is 17.4 Å². The van der Waals surface area contributed by atoms with Crippen LogP contribution in [-0.4, -0.2) is 42.4 Å². The molecule has 0 aliphatic carbocycles.